The van der Waals surface area contributed by atoms with Gasteiger partial charge in [0.25, 0.3) is 5.91 Å². The largest absolute Gasteiger partial charge is 0.384 e. The minimum Gasteiger partial charge on any atom is -0.384 e. The number of pyridine rings is 1. The average Bonchev–Trinajstić information content (AvgIpc) is 2.92. The van der Waals surface area contributed by atoms with E-state index in [4.69, 9.17) is 5.26 Å². The molecule has 0 spiro atoms. The van der Waals surface area contributed by atoms with Gasteiger partial charge in [-0.1, -0.05) is 24.3 Å². The number of hydrogen-bond acceptors (Lipinski definition) is 7. The number of anilines is 2. The number of benzene rings is 1. The van der Waals surface area contributed by atoms with E-state index in [9.17, 15) is 9.90 Å². The van der Waals surface area contributed by atoms with Gasteiger partial charge in [-0.05, 0) is 69.2 Å². The van der Waals surface area contributed by atoms with Crippen LogP contribution in [0.4, 0.5) is 23.3 Å². The highest BCUT2D eigenvalue weighted by atomic mass is 16.3. The summed E-state index contributed by atoms with van der Waals surface area (Å²) in [6.07, 6.45) is 7.06. The van der Waals surface area contributed by atoms with E-state index in [-0.39, 0.29) is 11.8 Å². The number of aromatic nitrogens is 3. The summed E-state index contributed by atoms with van der Waals surface area (Å²) in [5.41, 5.74) is 1.81. The number of carbonyl (C=O) groups is 1. The molecule has 0 aliphatic heterocycles. The smallest absolute Gasteiger partial charge is 0.261 e. The van der Waals surface area contributed by atoms with Crippen LogP contribution in [0.1, 0.15) is 67.1 Å². The molecule has 0 radical (unpaired) electrons. The van der Waals surface area contributed by atoms with Crippen molar-refractivity contribution in [2.24, 2.45) is 5.92 Å². The molecule has 1 aliphatic carbocycles. The highest BCUT2D eigenvalue weighted by Gasteiger charge is 2.23. The van der Waals surface area contributed by atoms with Crippen molar-refractivity contribution >= 4 is 29.2 Å². The van der Waals surface area contributed by atoms with E-state index in [1.807, 2.05) is 12.1 Å². The van der Waals surface area contributed by atoms with Crippen molar-refractivity contribution in [3.05, 3.63) is 78.1 Å². The van der Waals surface area contributed by atoms with E-state index in [1.54, 1.807) is 43.4 Å². The number of nitriles is 1. The molecule has 2 heterocycles. The molecular formula is C29H34N7O2+. The molecule has 9 heteroatoms. The van der Waals surface area contributed by atoms with Gasteiger partial charge in [0.05, 0.1) is 18.0 Å². The maximum absolute atomic E-state index is 12.8. The summed E-state index contributed by atoms with van der Waals surface area (Å²) in [6.45, 7) is 7.30. The van der Waals surface area contributed by atoms with E-state index < -0.39 is 5.60 Å². The molecule has 38 heavy (non-hydrogen) atoms. The maximum atomic E-state index is 12.8. The summed E-state index contributed by atoms with van der Waals surface area (Å²) in [4.78, 5) is 26.3. The Bertz CT molecular complexity index is 1320. The van der Waals surface area contributed by atoms with Crippen molar-refractivity contribution in [3.8, 4) is 6.07 Å². The Hall–Kier alpha value is -4.13. The van der Waals surface area contributed by atoms with E-state index >= 15 is 0 Å². The standard InChI is InChI=1S/C29H33N7O2/c1-4-16-31-27(37)23-18-32-28(36-26(23)35-25-7-5-6-24(34-25)29(2,3)38)33-22-14-12-21(13-15-22)20-10-8-19(17-30)9-11-20/h4-7,12-15,18-20,38H,1,8-11,16H2,2-3H3,(H,31,37)(H2,32,33,34,35,36)/p+1. The third-order valence-corrected chi connectivity index (χ3v) is 6.70. The molecule has 1 amide bonds. The Morgan fingerprint density at radius 2 is 1.92 bits per heavy atom. The van der Waals surface area contributed by atoms with Crippen LogP contribution in [0, 0.1) is 17.2 Å². The summed E-state index contributed by atoms with van der Waals surface area (Å²) >= 11 is 0. The minimum absolute atomic E-state index is 0.185. The first kappa shape index (κ1) is 26.9. The number of aliphatic hydroxyl groups is 1. The Labute approximate surface area is 223 Å². The first-order valence-corrected chi connectivity index (χ1v) is 12.8. The topological polar surface area (TPSA) is 140 Å². The Balaban J connectivity index is 1.54. The fraction of sp³-hybridized carbons (Fsp3) is 0.345. The summed E-state index contributed by atoms with van der Waals surface area (Å²) in [5.74, 6) is 1.64. The molecule has 1 fully saturated rings. The molecule has 0 unspecified atom stereocenters. The molecule has 196 valence electrons. The molecule has 1 saturated carbocycles. The number of rotatable bonds is 9. The molecule has 9 nitrogen and oxygen atoms in total. The van der Waals surface area contributed by atoms with Crippen LogP contribution in [0.3, 0.4) is 0 Å². The molecule has 0 saturated heterocycles. The third-order valence-electron chi connectivity index (χ3n) is 6.70. The Morgan fingerprint density at radius 3 is 2.58 bits per heavy atom. The van der Waals surface area contributed by atoms with Crippen molar-refractivity contribution in [3.63, 3.8) is 0 Å². The van der Waals surface area contributed by atoms with Crippen LogP contribution in [-0.2, 0) is 5.60 Å². The fourth-order valence-electron chi connectivity index (χ4n) is 4.54. The van der Waals surface area contributed by atoms with Crippen molar-refractivity contribution in [2.45, 2.75) is 51.0 Å². The van der Waals surface area contributed by atoms with Gasteiger partial charge in [0, 0.05) is 24.2 Å². The molecule has 4 rings (SSSR count). The lowest BCUT2D eigenvalue weighted by Crippen LogP contribution is -2.73. The number of nitrogens with one attached hydrogen (secondary N) is 2. The van der Waals surface area contributed by atoms with Crippen LogP contribution in [0.15, 0.2) is 61.3 Å². The van der Waals surface area contributed by atoms with Crippen molar-refractivity contribution in [1.29, 1.82) is 5.26 Å². The van der Waals surface area contributed by atoms with Gasteiger partial charge in [0.1, 0.15) is 11.2 Å². The van der Waals surface area contributed by atoms with Crippen LogP contribution in [0.2, 0.25) is 0 Å². The second-order valence-electron chi connectivity index (χ2n) is 10.1. The summed E-state index contributed by atoms with van der Waals surface area (Å²) in [7, 11) is 0. The van der Waals surface area contributed by atoms with Crippen LogP contribution in [0.5, 0.6) is 0 Å². The molecule has 3 aromatic rings. The van der Waals surface area contributed by atoms with Gasteiger partial charge in [-0.15, -0.1) is 6.58 Å². The summed E-state index contributed by atoms with van der Waals surface area (Å²) in [6, 6.07) is 15.9. The van der Waals surface area contributed by atoms with Gasteiger partial charge in [-0.3, -0.25) is 4.79 Å². The number of carbonyl (C=O) groups excluding carboxylic acids is 1. The fourth-order valence-corrected chi connectivity index (χ4v) is 4.54. The van der Waals surface area contributed by atoms with Crippen molar-refractivity contribution in [1.82, 2.24) is 20.3 Å². The lowest BCUT2D eigenvalue weighted by atomic mass is 9.79. The molecule has 1 aromatic carbocycles. The highest BCUT2D eigenvalue weighted by molar-refractivity contribution is 5.97. The van der Waals surface area contributed by atoms with Crippen LogP contribution < -0.4 is 16.0 Å². The third kappa shape index (κ3) is 6.79. The van der Waals surface area contributed by atoms with Gasteiger partial charge in [0.2, 0.25) is 17.6 Å². The first-order valence-electron chi connectivity index (χ1n) is 12.8. The molecule has 1 aliphatic rings. The van der Waals surface area contributed by atoms with E-state index in [2.05, 4.69) is 50.4 Å². The number of amides is 1. The minimum atomic E-state index is -1.10. The molecule has 2 aromatic heterocycles. The first-order chi connectivity index (χ1) is 18.3. The van der Waals surface area contributed by atoms with E-state index in [1.165, 1.54) is 11.8 Å². The molecule has 0 atom stereocenters. The van der Waals surface area contributed by atoms with Gasteiger partial charge in [-0.2, -0.15) is 15.2 Å². The Kier molecular flexibility index (Phi) is 8.46. The van der Waals surface area contributed by atoms with Gasteiger partial charge >= 0.3 is 0 Å². The van der Waals surface area contributed by atoms with E-state index in [0.717, 1.165) is 31.4 Å². The second kappa shape index (κ2) is 11.9. The van der Waals surface area contributed by atoms with Crippen LogP contribution in [0.25, 0.3) is 0 Å². The molecule has 0 bridgehead atoms. The SMILES string of the molecule is C=CCNC(=O)c1cnc(Nc2ccc(C3CCC(C#N)CC3)cc2)nc1[NH2+]c1cccc(C(C)(C)O)n1. The van der Waals surface area contributed by atoms with Gasteiger partial charge < -0.3 is 15.7 Å². The van der Waals surface area contributed by atoms with Crippen molar-refractivity contribution < 1.29 is 15.2 Å². The summed E-state index contributed by atoms with van der Waals surface area (Å²) in [5, 5.41) is 27.2. The quantitative estimate of drug-likeness (QED) is 0.317. The summed E-state index contributed by atoms with van der Waals surface area (Å²) < 4.78 is 0. The zero-order valence-electron chi connectivity index (χ0n) is 21.8. The highest BCUT2D eigenvalue weighted by Crippen LogP contribution is 2.36. The van der Waals surface area contributed by atoms with E-state index in [0.29, 0.717) is 41.3 Å². The van der Waals surface area contributed by atoms with Crippen LogP contribution >= 0.6 is 0 Å². The normalized spacial score (nSPS) is 17.3. The molecule has 5 N–H and O–H groups in total. The predicted octanol–water partition coefficient (Wildman–Crippen LogP) is 4.08. The Morgan fingerprint density at radius 1 is 1.18 bits per heavy atom. The average molecular weight is 513 g/mol. The van der Waals surface area contributed by atoms with Crippen molar-refractivity contribution in [2.75, 3.05) is 11.9 Å². The zero-order valence-corrected chi connectivity index (χ0v) is 21.8. The predicted molar refractivity (Wildman–Crippen MR) is 145 cm³/mol. The number of nitrogens with two attached hydrogens (primary N) is 1. The number of quaternary nitrogens is 1. The number of hydrogen-bond donors (Lipinski definition) is 4. The van der Waals surface area contributed by atoms with Crippen LogP contribution in [-0.4, -0.2) is 32.5 Å². The lowest BCUT2D eigenvalue weighted by Gasteiger charge is -2.25. The van der Waals surface area contributed by atoms with Gasteiger partial charge in [-0.25, -0.2) is 10.3 Å². The molecular weight excluding hydrogens is 478 g/mol. The monoisotopic (exact) mass is 512 g/mol. The maximum Gasteiger partial charge on any atom is 0.261 e. The zero-order chi connectivity index (χ0) is 27.1. The second-order valence-corrected chi connectivity index (χ2v) is 10.1. The van der Waals surface area contributed by atoms with Gasteiger partial charge in [0.15, 0.2) is 0 Å². The number of nitrogens with zero attached hydrogens (tertiary/aromatic N) is 4. The lowest BCUT2D eigenvalue weighted by molar-refractivity contribution is -0.487.